The van der Waals surface area contributed by atoms with E-state index in [1.165, 1.54) is 4.90 Å². The van der Waals surface area contributed by atoms with Gasteiger partial charge in [-0.2, -0.15) is 0 Å². The highest BCUT2D eigenvalue weighted by molar-refractivity contribution is 6.31. The molecule has 0 radical (unpaired) electrons. The zero-order valence-corrected chi connectivity index (χ0v) is 10.1. The molecule has 0 aromatic heterocycles. The van der Waals surface area contributed by atoms with Gasteiger partial charge in [-0.25, -0.2) is 4.79 Å². The number of hydrogen-bond acceptors (Lipinski definition) is 2. The molecule has 5 heteroatoms. The average Bonchev–Trinajstić information content (AvgIpc) is 2.64. The second-order valence-corrected chi connectivity index (χ2v) is 4.50. The van der Waals surface area contributed by atoms with Crippen LogP contribution in [0.4, 0.5) is 5.69 Å². The molecule has 0 bridgehead atoms. The van der Waals surface area contributed by atoms with Gasteiger partial charge in [0.2, 0.25) is 5.91 Å². The predicted octanol–water partition coefficient (Wildman–Crippen LogP) is 2.23. The Morgan fingerprint density at radius 2 is 2.24 bits per heavy atom. The van der Waals surface area contributed by atoms with Crippen LogP contribution in [0.1, 0.15) is 18.4 Å². The van der Waals surface area contributed by atoms with Gasteiger partial charge in [0.25, 0.3) is 0 Å². The first-order valence-electron chi connectivity index (χ1n) is 5.31. The summed E-state index contributed by atoms with van der Waals surface area (Å²) in [7, 11) is 0. The topological polar surface area (TPSA) is 57.6 Å². The molecular weight excluding hydrogens is 242 g/mol. The van der Waals surface area contributed by atoms with Gasteiger partial charge < -0.3 is 5.11 Å². The van der Waals surface area contributed by atoms with E-state index in [9.17, 15) is 9.59 Å². The van der Waals surface area contributed by atoms with Crippen LogP contribution in [0.15, 0.2) is 18.2 Å². The van der Waals surface area contributed by atoms with Crippen LogP contribution < -0.4 is 4.90 Å². The molecule has 1 amide bonds. The number of anilines is 1. The number of aryl methyl sites for hydroxylation is 1. The number of aliphatic carboxylic acids is 1. The molecule has 1 N–H and O–H groups in total. The SMILES string of the molecule is Cc1ccc(N2C(=O)CC[C@H]2C(=O)O)cc1Cl. The van der Waals surface area contributed by atoms with E-state index in [2.05, 4.69) is 0 Å². The maximum absolute atomic E-state index is 11.7. The molecule has 0 unspecified atom stereocenters. The van der Waals surface area contributed by atoms with E-state index in [1.54, 1.807) is 18.2 Å². The molecule has 1 aromatic rings. The summed E-state index contributed by atoms with van der Waals surface area (Å²) < 4.78 is 0. The second-order valence-electron chi connectivity index (χ2n) is 4.09. The zero-order valence-electron chi connectivity index (χ0n) is 9.31. The van der Waals surface area contributed by atoms with Crippen LogP contribution in [-0.4, -0.2) is 23.0 Å². The van der Waals surface area contributed by atoms with E-state index >= 15 is 0 Å². The quantitative estimate of drug-likeness (QED) is 0.879. The Morgan fingerprint density at radius 3 is 2.82 bits per heavy atom. The summed E-state index contributed by atoms with van der Waals surface area (Å²) in [5.41, 5.74) is 1.45. The van der Waals surface area contributed by atoms with Crippen molar-refractivity contribution >= 4 is 29.2 Å². The molecule has 1 aliphatic rings. The van der Waals surface area contributed by atoms with E-state index in [0.717, 1.165) is 5.56 Å². The van der Waals surface area contributed by atoms with E-state index in [-0.39, 0.29) is 12.3 Å². The lowest BCUT2D eigenvalue weighted by molar-refractivity contribution is -0.138. The van der Waals surface area contributed by atoms with Crippen molar-refractivity contribution in [3.63, 3.8) is 0 Å². The first-order valence-corrected chi connectivity index (χ1v) is 5.69. The summed E-state index contributed by atoms with van der Waals surface area (Å²) in [4.78, 5) is 24.1. The minimum Gasteiger partial charge on any atom is -0.480 e. The maximum Gasteiger partial charge on any atom is 0.326 e. The number of nitrogens with zero attached hydrogens (tertiary/aromatic N) is 1. The molecule has 0 spiro atoms. The Hall–Kier alpha value is -1.55. The lowest BCUT2D eigenvalue weighted by Crippen LogP contribution is -2.38. The molecule has 1 aromatic carbocycles. The zero-order chi connectivity index (χ0) is 12.6. The number of amides is 1. The van der Waals surface area contributed by atoms with Crippen LogP contribution >= 0.6 is 11.6 Å². The lowest BCUT2D eigenvalue weighted by atomic mass is 10.2. The Kier molecular flexibility index (Phi) is 3.07. The van der Waals surface area contributed by atoms with Crippen LogP contribution in [0, 0.1) is 6.92 Å². The molecule has 2 rings (SSSR count). The van der Waals surface area contributed by atoms with Gasteiger partial charge in [-0.3, -0.25) is 9.69 Å². The summed E-state index contributed by atoms with van der Waals surface area (Å²) in [6.07, 6.45) is 0.613. The van der Waals surface area contributed by atoms with Gasteiger partial charge in [0.05, 0.1) is 0 Å². The molecule has 0 saturated carbocycles. The van der Waals surface area contributed by atoms with E-state index < -0.39 is 12.0 Å². The molecule has 1 heterocycles. The van der Waals surface area contributed by atoms with Crippen molar-refractivity contribution in [2.45, 2.75) is 25.8 Å². The second kappa shape index (κ2) is 4.37. The molecular formula is C12H12ClNO3. The highest BCUT2D eigenvalue weighted by Gasteiger charge is 2.37. The van der Waals surface area contributed by atoms with Gasteiger partial charge in [0.1, 0.15) is 6.04 Å². The number of benzene rings is 1. The summed E-state index contributed by atoms with van der Waals surface area (Å²) in [6, 6.07) is 4.36. The molecule has 0 aliphatic carbocycles. The number of halogens is 1. The first-order chi connectivity index (χ1) is 8.00. The molecule has 17 heavy (non-hydrogen) atoms. The molecule has 4 nitrogen and oxygen atoms in total. The number of carbonyl (C=O) groups excluding carboxylic acids is 1. The average molecular weight is 254 g/mol. The maximum atomic E-state index is 11.7. The lowest BCUT2D eigenvalue weighted by Gasteiger charge is -2.22. The van der Waals surface area contributed by atoms with Crippen molar-refractivity contribution in [2.75, 3.05) is 4.90 Å². The third-order valence-electron chi connectivity index (χ3n) is 2.93. The monoisotopic (exact) mass is 253 g/mol. The number of rotatable bonds is 2. The van der Waals surface area contributed by atoms with E-state index in [4.69, 9.17) is 16.7 Å². The largest absolute Gasteiger partial charge is 0.480 e. The minimum atomic E-state index is -0.979. The normalized spacial score (nSPS) is 19.8. The molecule has 1 aliphatic heterocycles. The summed E-state index contributed by atoms with van der Waals surface area (Å²) in [5, 5.41) is 9.59. The number of hydrogen-bond donors (Lipinski definition) is 1. The highest BCUT2D eigenvalue weighted by Crippen LogP contribution is 2.30. The fraction of sp³-hybridized carbons (Fsp3) is 0.333. The number of carboxylic acid groups (broad SMARTS) is 1. The molecule has 90 valence electrons. The standard InChI is InChI=1S/C12H12ClNO3/c1-7-2-3-8(6-9(7)13)14-10(12(16)17)4-5-11(14)15/h2-3,6,10H,4-5H2,1H3,(H,16,17)/t10-/m0/s1. The van der Waals surface area contributed by atoms with Gasteiger partial charge in [-0.15, -0.1) is 0 Å². The van der Waals surface area contributed by atoms with Gasteiger partial charge >= 0.3 is 5.97 Å². The summed E-state index contributed by atoms with van der Waals surface area (Å²) in [5.74, 6) is -1.15. The molecule has 1 atom stereocenters. The first kappa shape index (κ1) is 11.9. The molecule has 1 fully saturated rings. The van der Waals surface area contributed by atoms with E-state index in [1.807, 2.05) is 6.92 Å². The van der Waals surface area contributed by atoms with Crippen LogP contribution in [-0.2, 0) is 9.59 Å². The Balaban J connectivity index is 2.39. The van der Waals surface area contributed by atoms with Crippen molar-refractivity contribution in [3.05, 3.63) is 28.8 Å². The molecule has 1 saturated heterocycles. The predicted molar refractivity (Wildman–Crippen MR) is 64.3 cm³/mol. The number of carboxylic acids is 1. The Bertz CT molecular complexity index is 487. The number of carbonyl (C=O) groups is 2. The van der Waals surface area contributed by atoms with Crippen molar-refractivity contribution in [1.29, 1.82) is 0 Å². The van der Waals surface area contributed by atoms with Crippen LogP contribution in [0.3, 0.4) is 0 Å². The fourth-order valence-electron chi connectivity index (χ4n) is 1.97. The van der Waals surface area contributed by atoms with E-state index in [0.29, 0.717) is 17.1 Å². The highest BCUT2D eigenvalue weighted by atomic mass is 35.5. The van der Waals surface area contributed by atoms with Crippen molar-refractivity contribution in [2.24, 2.45) is 0 Å². The van der Waals surface area contributed by atoms with Crippen LogP contribution in [0.2, 0.25) is 5.02 Å². The van der Waals surface area contributed by atoms with Crippen molar-refractivity contribution in [1.82, 2.24) is 0 Å². The van der Waals surface area contributed by atoms with Gasteiger partial charge in [0.15, 0.2) is 0 Å². The van der Waals surface area contributed by atoms with Crippen LogP contribution in [0.5, 0.6) is 0 Å². The Morgan fingerprint density at radius 1 is 1.53 bits per heavy atom. The summed E-state index contributed by atoms with van der Waals surface area (Å²) >= 11 is 5.98. The van der Waals surface area contributed by atoms with Gasteiger partial charge in [-0.1, -0.05) is 17.7 Å². The van der Waals surface area contributed by atoms with Crippen LogP contribution in [0.25, 0.3) is 0 Å². The van der Waals surface area contributed by atoms with Crippen molar-refractivity contribution in [3.8, 4) is 0 Å². The van der Waals surface area contributed by atoms with Gasteiger partial charge in [0, 0.05) is 17.1 Å². The Labute approximate surface area is 104 Å². The van der Waals surface area contributed by atoms with Crippen molar-refractivity contribution < 1.29 is 14.7 Å². The smallest absolute Gasteiger partial charge is 0.326 e. The fourth-order valence-corrected chi connectivity index (χ4v) is 2.15. The van der Waals surface area contributed by atoms with Gasteiger partial charge in [-0.05, 0) is 31.0 Å². The minimum absolute atomic E-state index is 0.169. The third kappa shape index (κ3) is 2.13. The summed E-state index contributed by atoms with van der Waals surface area (Å²) in [6.45, 7) is 1.85. The third-order valence-corrected chi connectivity index (χ3v) is 3.34.